The smallest absolute Gasteiger partial charge is 0.0638 e. The van der Waals surface area contributed by atoms with Gasteiger partial charge in [0.2, 0.25) is 0 Å². The topological polar surface area (TPSA) is 20.2 Å². The maximum absolute atomic E-state index is 8.67. The first kappa shape index (κ1) is 4.47. The number of rotatable bonds is 1. The van der Waals surface area contributed by atoms with Gasteiger partial charge in [0.1, 0.15) is 0 Å². The monoisotopic (exact) mass is 104 g/mol. The second-order valence-corrected chi connectivity index (χ2v) is 2.88. The van der Waals surface area contributed by atoms with Gasteiger partial charge in [-0.1, -0.05) is 0 Å². The predicted molar refractivity (Wildman–Crippen MR) is 27.9 cm³/mol. The molecule has 1 nitrogen and oxygen atoms in total. The van der Waals surface area contributed by atoms with Crippen molar-refractivity contribution in [2.75, 3.05) is 5.75 Å². The van der Waals surface area contributed by atoms with Crippen molar-refractivity contribution in [2.45, 2.75) is 18.3 Å². The van der Waals surface area contributed by atoms with Crippen LogP contribution in [0, 0.1) is 0 Å². The Morgan fingerprint density at radius 1 is 2.00 bits per heavy atom. The molecule has 6 heavy (non-hydrogen) atoms. The van der Waals surface area contributed by atoms with Gasteiger partial charge in [0.25, 0.3) is 0 Å². The lowest BCUT2D eigenvalue weighted by Crippen LogP contribution is -2.05. The fourth-order valence-electron chi connectivity index (χ4n) is 0.334. The van der Waals surface area contributed by atoms with Crippen LogP contribution in [0.15, 0.2) is 0 Å². The van der Waals surface area contributed by atoms with Crippen molar-refractivity contribution >= 4 is 11.8 Å². The highest BCUT2D eigenvalue weighted by molar-refractivity contribution is 8.06. The van der Waals surface area contributed by atoms with E-state index < -0.39 is 0 Å². The van der Waals surface area contributed by atoms with Gasteiger partial charge in [-0.3, -0.25) is 0 Å². The Kier molecular flexibility index (Phi) is 1.06. The third-order valence-electron chi connectivity index (χ3n) is 0.897. The highest BCUT2D eigenvalue weighted by Gasteiger charge is 2.26. The summed E-state index contributed by atoms with van der Waals surface area (Å²) in [6.45, 7) is 1.84. The zero-order chi connectivity index (χ0) is 4.57. The summed E-state index contributed by atoms with van der Waals surface area (Å²) >= 11 is 1.83. The Hall–Kier alpha value is 0.310. The fraction of sp³-hybridized carbons (Fsp3) is 1.00. The molecule has 2 unspecified atom stereocenters. The van der Waals surface area contributed by atoms with Gasteiger partial charge in [-0.25, -0.2) is 0 Å². The van der Waals surface area contributed by atoms with Crippen LogP contribution in [-0.2, 0) is 0 Å². The van der Waals surface area contributed by atoms with E-state index in [4.69, 9.17) is 5.11 Å². The van der Waals surface area contributed by atoms with E-state index in [1.807, 2.05) is 18.7 Å². The molecule has 1 aliphatic heterocycles. The van der Waals surface area contributed by atoms with E-state index in [2.05, 4.69) is 0 Å². The van der Waals surface area contributed by atoms with Crippen LogP contribution in [0.5, 0.6) is 0 Å². The lowest BCUT2D eigenvalue weighted by atomic mass is 10.3. The lowest BCUT2D eigenvalue weighted by Gasteiger charge is -1.92. The molecule has 1 fully saturated rings. The van der Waals surface area contributed by atoms with Crippen molar-refractivity contribution in [3.05, 3.63) is 0 Å². The zero-order valence-corrected chi connectivity index (χ0v) is 4.53. The first-order valence-electron chi connectivity index (χ1n) is 2.10. The van der Waals surface area contributed by atoms with E-state index in [9.17, 15) is 0 Å². The number of thioether (sulfide) groups is 1. The average Bonchev–Trinajstić information content (AvgIpc) is 2.06. The highest BCUT2D eigenvalue weighted by Crippen LogP contribution is 2.32. The van der Waals surface area contributed by atoms with Gasteiger partial charge in [-0.05, 0) is 6.92 Å². The molecule has 2 atom stereocenters. The number of aliphatic hydroxyl groups excluding tert-OH is 1. The molecule has 1 N–H and O–H groups in total. The molecule has 36 valence electrons. The number of hydrogen-bond acceptors (Lipinski definition) is 2. The van der Waals surface area contributed by atoms with Crippen LogP contribution in [0.2, 0.25) is 0 Å². The average molecular weight is 104 g/mol. The third-order valence-corrected chi connectivity index (χ3v) is 2.01. The summed E-state index contributed by atoms with van der Waals surface area (Å²) in [5, 5.41) is 9.25. The second-order valence-electron chi connectivity index (χ2n) is 1.61. The number of aliphatic hydroxyl groups is 1. The fourth-order valence-corrected chi connectivity index (χ4v) is 1.00. The normalized spacial score (nSPS) is 36.0. The molecule has 1 heterocycles. The van der Waals surface area contributed by atoms with Crippen LogP contribution in [-0.4, -0.2) is 22.2 Å². The van der Waals surface area contributed by atoms with Gasteiger partial charge in [0, 0.05) is 11.0 Å². The molecule has 1 rings (SSSR count). The van der Waals surface area contributed by atoms with E-state index in [0.29, 0.717) is 5.25 Å². The van der Waals surface area contributed by atoms with Crippen LogP contribution >= 0.6 is 11.8 Å². The third kappa shape index (κ3) is 0.884. The molecule has 0 aromatic carbocycles. The molecule has 2 heteroatoms. The molecule has 0 saturated carbocycles. The predicted octanol–water partition coefficient (Wildman–Crippen LogP) is 0.483. The summed E-state index contributed by atoms with van der Waals surface area (Å²) in [5.41, 5.74) is 0. The molecule has 1 aliphatic rings. The summed E-state index contributed by atoms with van der Waals surface area (Å²) in [6, 6.07) is 0. The van der Waals surface area contributed by atoms with Crippen molar-refractivity contribution in [1.29, 1.82) is 0 Å². The SMILES string of the molecule is CC(O)C1CS1. The zero-order valence-electron chi connectivity index (χ0n) is 3.72. The summed E-state index contributed by atoms with van der Waals surface area (Å²) in [7, 11) is 0. The minimum atomic E-state index is -0.0741. The molecule has 0 aromatic rings. The standard InChI is InChI=1S/C4H8OS/c1-3(5)4-2-6-4/h3-5H,2H2,1H3. The van der Waals surface area contributed by atoms with Gasteiger partial charge < -0.3 is 5.11 Å². The molecule has 0 bridgehead atoms. The molecule has 0 amide bonds. The van der Waals surface area contributed by atoms with Gasteiger partial charge in [0.05, 0.1) is 6.10 Å². The maximum atomic E-state index is 8.67. The van der Waals surface area contributed by atoms with Crippen LogP contribution in [0.3, 0.4) is 0 Å². The minimum Gasteiger partial charge on any atom is -0.392 e. The van der Waals surface area contributed by atoms with Gasteiger partial charge in [-0.2, -0.15) is 11.8 Å². The molecular formula is C4H8OS. The second kappa shape index (κ2) is 1.43. The first-order chi connectivity index (χ1) is 2.80. The molecule has 1 saturated heterocycles. The molecule has 0 spiro atoms. The van der Waals surface area contributed by atoms with E-state index in [1.165, 1.54) is 0 Å². The Balaban J connectivity index is 2.13. The highest BCUT2D eigenvalue weighted by atomic mass is 32.2. The van der Waals surface area contributed by atoms with Crippen LogP contribution < -0.4 is 0 Å². The van der Waals surface area contributed by atoms with Gasteiger partial charge in [0.15, 0.2) is 0 Å². The van der Waals surface area contributed by atoms with Crippen LogP contribution in [0.4, 0.5) is 0 Å². The quantitative estimate of drug-likeness (QED) is 0.488. The van der Waals surface area contributed by atoms with Crippen LogP contribution in [0.1, 0.15) is 6.92 Å². The maximum Gasteiger partial charge on any atom is 0.0638 e. The van der Waals surface area contributed by atoms with E-state index >= 15 is 0 Å². The Morgan fingerprint density at radius 3 is 2.50 bits per heavy atom. The van der Waals surface area contributed by atoms with E-state index in [0.717, 1.165) is 5.75 Å². The summed E-state index contributed by atoms with van der Waals surface area (Å²) in [5.74, 6) is 1.16. The van der Waals surface area contributed by atoms with Crippen LogP contribution in [0.25, 0.3) is 0 Å². The van der Waals surface area contributed by atoms with E-state index in [-0.39, 0.29) is 6.10 Å². The van der Waals surface area contributed by atoms with Crippen molar-refractivity contribution < 1.29 is 5.11 Å². The van der Waals surface area contributed by atoms with Crippen molar-refractivity contribution in [3.63, 3.8) is 0 Å². The summed E-state index contributed by atoms with van der Waals surface area (Å²) < 4.78 is 0. The molecular weight excluding hydrogens is 96.1 g/mol. The van der Waals surface area contributed by atoms with Crippen molar-refractivity contribution in [2.24, 2.45) is 0 Å². The molecule has 0 aliphatic carbocycles. The molecule has 0 aromatic heterocycles. The first-order valence-corrected chi connectivity index (χ1v) is 3.15. The minimum absolute atomic E-state index is 0.0741. The molecule has 0 radical (unpaired) electrons. The van der Waals surface area contributed by atoms with Crippen molar-refractivity contribution in [3.8, 4) is 0 Å². The number of hydrogen-bond donors (Lipinski definition) is 1. The largest absolute Gasteiger partial charge is 0.392 e. The lowest BCUT2D eigenvalue weighted by molar-refractivity contribution is 0.204. The van der Waals surface area contributed by atoms with Gasteiger partial charge >= 0.3 is 0 Å². The Morgan fingerprint density at radius 2 is 2.50 bits per heavy atom. The Bertz CT molecular complexity index is 49.5. The Labute approximate surface area is 41.7 Å². The van der Waals surface area contributed by atoms with Crippen molar-refractivity contribution in [1.82, 2.24) is 0 Å². The van der Waals surface area contributed by atoms with E-state index in [1.54, 1.807) is 0 Å². The summed E-state index contributed by atoms with van der Waals surface area (Å²) in [4.78, 5) is 0. The summed E-state index contributed by atoms with van der Waals surface area (Å²) in [6.07, 6.45) is -0.0741. The van der Waals surface area contributed by atoms with Gasteiger partial charge in [-0.15, -0.1) is 0 Å².